The van der Waals surface area contributed by atoms with E-state index in [2.05, 4.69) is 28.2 Å². The van der Waals surface area contributed by atoms with Crippen molar-refractivity contribution in [1.82, 2.24) is 5.32 Å². The number of hydrogen-bond acceptors (Lipinski definition) is 1. The summed E-state index contributed by atoms with van der Waals surface area (Å²) in [6, 6.07) is 17.8. The molecule has 0 aliphatic rings. The van der Waals surface area contributed by atoms with Gasteiger partial charge in [-0.1, -0.05) is 65.3 Å². The summed E-state index contributed by atoms with van der Waals surface area (Å²) in [5, 5.41) is 3.78. The fourth-order valence-electron chi connectivity index (χ4n) is 2.20. The SMILES string of the molecule is CCc1ccc(C(=O)NC(C)(CBr)c2ccccc2)cc1. The average Bonchev–Trinajstić information content (AvgIpc) is 2.55. The molecule has 0 radical (unpaired) electrons. The van der Waals surface area contributed by atoms with Crippen molar-refractivity contribution in [2.75, 3.05) is 5.33 Å². The van der Waals surface area contributed by atoms with Crippen LogP contribution >= 0.6 is 15.9 Å². The molecule has 2 aromatic carbocycles. The van der Waals surface area contributed by atoms with E-state index in [0.29, 0.717) is 10.9 Å². The van der Waals surface area contributed by atoms with Gasteiger partial charge in [0.1, 0.15) is 0 Å². The fraction of sp³-hybridized carbons (Fsp3) is 0.278. The zero-order valence-electron chi connectivity index (χ0n) is 12.4. The van der Waals surface area contributed by atoms with E-state index in [9.17, 15) is 4.79 Å². The molecule has 0 aromatic heterocycles. The highest BCUT2D eigenvalue weighted by Crippen LogP contribution is 2.23. The van der Waals surface area contributed by atoms with Crippen LogP contribution < -0.4 is 5.32 Å². The maximum absolute atomic E-state index is 12.5. The number of rotatable bonds is 5. The molecule has 0 aliphatic heterocycles. The van der Waals surface area contributed by atoms with E-state index in [4.69, 9.17) is 0 Å². The highest BCUT2D eigenvalue weighted by molar-refractivity contribution is 9.09. The largest absolute Gasteiger partial charge is 0.342 e. The predicted molar refractivity (Wildman–Crippen MR) is 90.9 cm³/mol. The maximum Gasteiger partial charge on any atom is 0.251 e. The first-order valence-corrected chi connectivity index (χ1v) is 8.24. The molecule has 0 spiro atoms. The molecule has 21 heavy (non-hydrogen) atoms. The Morgan fingerprint density at radius 1 is 1.10 bits per heavy atom. The average molecular weight is 346 g/mol. The predicted octanol–water partition coefficient (Wildman–Crippen LogP) is 4.29. The van der Waals surface area contributed by atoms with Crippen molar-refractivity contribution in [3.8, 4) is 0 Å². The Bertz CT molecular complexity index is 594. The molecule has 2 aromatic rings. The van der Waals surface area contributed by atoms with Crippen LogP contribution in [0, 0.1) is 0 Å². The lowest BCUT2D eigenvalue weighted by atomic mass is 9.93. The van der Waals surface area contributed by atoms with Crippen molar-refractivity contribution in [1.29, 1.82) is 0 Å². The maximum atomic E-state index is 12.5. The molecule has 1 amide bonds. The number of aryl methyl sites for hydroxylation is 1. The summed E-state index contributed by atoms with van der Waals surface area (Å²) in [5.74, 6) is -0.0524. The van der Waals surface area contributed by atoms with Crippen LogP contribution in [0.25, 0.3) is 0 Å². The van der Waals surface area contributed by atoms with Gasteiger partial charge in [-0.3, -0.25) is 4.79 Å². The van der Waals surface area contributed by atoms with Gasteiger partial charge < -0.3 is 5.32 Å². The van der Waals surface area contributed by atoms with Crippen molar-refractivity contribution >= 4 is 21.8 Å². The number of nitrogens with one attached hydrogen (secondary N) is 1. The number of alkyl halides is 1. The van der Waals surface area contributed by atoms with E-state index in [0.717, 1.165) is 12.0 Å². The molecular formula is C18H20BrNO. The molecule has 3 heteroatoms. The van der Waals surface area contributed by atoms with E-state index in [1.54, 1.807) is 0 Å². The lowest BCUT2D eigenvalue weighted by Crippen LogP contribution is -2.44. The first-order valence-electron chi connectivity index (χ1n) is 7.12. The molecule has 1 N–H and O–H groups in total. The summed E-state index contributed by atoms with van der Waals surface area (Å²) in [6.45, 7) is 4.13. The summed E-state index contributed by atoms with van der Waals surface area (Å²) in [7, 11) is 0. The summed E-state index contributed by atoms with van der Waals surface area (Å²) < 4.78 is 0. The van der Waals surface area contributed by atoms with E-state index in [1.807, 2.05) is 61.5 Å². The van der Waals surface area contributed by atoms with E-state index in [-0.39, 0.29) is 5.91 Å². The highest BCUT2D eigenvalue weighted by atomic mass is 79.9. The third kappa shape index (κ3) is 3.73. The van der Waals surface area contributed by atoms with Crippen molar-refractivity contribution in [3.05, 3.63) is 71.3 Å². The number of carbonyl (C=O) groups excluding carboxylic acids is 1. The Morgan fingerprint density at radius 3 is 2.24 bits per heavy atom. The van der Waals surface area contributed by atoms with Gasteiger partial charge >= 0.3 is 0 Å². The van der Waals surface area contributed by atoms with Crippen LogP contribution in [0.4, 0.5) is 0 Å². The van der Waals surface area contributed by atoms with Crippen molar-refractivity contribution < 1.29 is 4.79 Å². The number of benzene rings is 2. The van der Waals surface area contributed by atoms with Gasteiger partial charge in [-0.15, -0.1) is 0 Å². The third-order valence-corrected chi connectivity index (χ3v) is 4.81. The van der Waals surface area contributed by atoms with Gasteiger partial charge in [0.05, 0.1) is 5.54 Å². The molecule has 0 heterocycles. The van der Waals surface area contributed by atoms with Crippen LogP contribution in [0.5, 0.6) is 0 Å². The van der Waals surface area contributed by atoms with Crippen LogP contribution in [0.2, 0.25) is 0 Å². The summed E-state index contributed by atoms with van der Waals surface area (Å²) in [5.41, 5.74) is 2.58. The molecule has 110 valence electrons. The smallest absolute Gasteiger partial charge is 0.251 e. The molecule has 2 rings (SSSR count). The van der Waals surface area contributed by atoms with Crippen LogP contribution in [0.15, 0.2) is 54.6 Å². The van der Waals surface area contributed by atoms with Gasteiger partial charge in [-0.25, -0.2) is 0 Å². The topological polar surface area (TPSA) is 29.1 Å². The van der Waals surface area contributed by atoms with E-state index >= 15 is 0 Å². The van der Waals surface area contributed by atoms with Gasteiger partial charge in [-0.05, 0) is 36.6 Å². The molecular weight excluding hydrogens is 326 g/mol. The number of amides is 1. The Balaban J connectivity index is 2.19. The molecule has 0 fully saturated rings. The lowest BCUT2D eigenvalue weighted by Gasteiger charge is -2.29. The summed E-state index contributed by atoms with van der Waals surface area (Å²) in [6.07, 6.45) is 0.977. The minimum absolute atomic E-state index is 0.0524. The fourth-order valence-corrected chi connectivity index (χ4v) is 2.67. The van der Waals surface area contributed by atoms with Crippen molar-refractivity contribution in [2.24, 2.45) is 0 Å². The van der Waals surface area contributed by atoms with Crippen molar-refractivity contribution in [3.63, 3.8) is 0 Å². The molecule has 0 bridgehead atoms. The highest BCUT2D eigenvalue weighted by Gasteiger charge is 2.27. The van der Waals surface area contributed by atoms with Crippen LogP contribution in [0.3, 0.4) is 0 Å². The second-order valence-electron chi connectivity index (χ2n) is 5.34. The van der Waals surface area contributed by atoms with Gasteiger partial charge in [0, 0.05) is 10.9 Å². The standard InChI is InChI=1S/C18H20BrNO/c1-3-14-9-11-15(12-10-14)17(21)20-18(2,13-19)16-7-5-4-6-8-16/h4-12H,3,13H2,1-2H3,(H,20,21). The third-order valence-electron chi connectivity index (χ3n) is 3.69. The molecule has 1 unspecified atom stereocenters. The number of halogens is 1. The van der Waals surface area contributed by atoms with E-state index < -0.39 is 5.54 Å². The Morgan fingerprint density at radius 2 is 1.71 bits per heavy atom. The monoisotopic (exact) mass is 345 g/mol. The lowest BCUT2D eigenvalue weighted by molar-refractivity contribution is 0.0914. The van der Waals surface area contributed by atoms with Gasteiger partial charge in [0.25, 0.3) is 5.91 Å². The van der Waals surface area contributed by atoms with Crippen LogP contribution in [0.1, 0.15) is 35.3 Å². The first-order chi connectivity index (χ1) is 10.1. The second kappa shape index (κ2) is 6.90. The Hall–Kier alpha value is -1.61. The first kappa shape index (κ1) is 15.8. The Labute approximate surface area is 134 Å². The van der Waals surface area contributed by atoms with Crippen LogP contribution in [-0.4, -0.2) is 11.2 Å². The van der Waals surface area contributed by atoms with Gasteiger partial charge in [0.2, 0.25) is 0 Å². The Kier molecular flexibility index (Phi) is 5.18. The molecule has 0 saturated carbocycles. The molecule has 0 aliphatic carbocycles. The zero-order chi connectivity index (χ0) is 15.3. The number of hydrogen-bond donors (Lipinski definition) is 1. The second-order valence-corrected chi connectivity index (χ2v) is 5.90. The van der Waals surface area contributed by atoms with Gasteiger partial charge in [0.15, 0.2) is 0 Å². The molecule has 2 nitrogen and oxygen atoms in total. The normalized spacial score (nSPS) is 13.5. The molecule has 0 saturated heterocycles. The van der Waals surface area contributed by atoms with Crippen molar-refractivity contribution in [2.45, 2.75) is 25.8 Å². The quantitative estimate of drug-likeness (QED) is 0.804. The minimum atomic E-state index is -0.429. The number of carbonyl (C=O) groups is 1. The minimum Gasteiger partial charge on any atom is -0.342 e. The van der Waals surface area contributed by atoms with Gasteiger partial charge in [-0.2, -0.15) is 0 Å². The summed E-state index contributed by atoms with van der Waals surface area (Å²) >= 11 is 3.52. The van der Waals surface area contributed by atoms with Crippen LogP contribution in [-0.2, 0) is 12.0 Å². The summed E-state index contributed by atoms with van der Waals surface area (Å²) in [4.78, 5) is 12.5. The van der Waals surface area contributed by atoms with E-state index in [1.165, 1.54) is 5.56 Å². The zero-order valence-corrected chi connectivity index (χ0v) is 14.0. The molecule has 1 atom stereocenters.